The van der Waals surface area contributed by atoms with Crippen LogP contribution in [0.25, 0.3) is 0 Å². The highest BCUT2D eigenvalue weighted by molar-refractivity contribution is 5.94. The van der Waals surface area contributed by atoms with Gasteiger partial charge in [-0.3, -0.25) is 9.69 Å². The molecule has 8 heteroatoms. The second-order valence-electron chi connectivity index (χ2n) is 4.76. The van der Waals surface area contributed by atoms with Crippen LogP contribution in [-0.2, 0) is 0 Å². The first-order valence-electron chi connectivity index (χ1n) is 6.45. The Morgan fingerprint density at radius 1 is 1.24 bits per heavy atom. The van der Waals surface area contributed by atoms with Gasteiger partial charge in [-0.25, -0.2) is 8.78 Å². The molecule has 1 aliphatic heterocycles. The van der Waals surface area contributed by atoms with E-state index < -0.39 is 23.1 Å². The number of nitrogens with two attached hydrogens (primary N) is 1. The summed E-state index contributed by atoms with van der Waals surface area (Å²) in [6.45, 7) is 1.90. The van der Waals surface area contributed by atoms with Crippen molar-refractivity contribution < 1.29 is 18.8 Å². The van der Waals surface area contributed by atoms with Crippen LogP contribution >= 0.6 is 0 Å². The van der Waals surface area contributed by atoms with Crippen LogP contribution in [0, 0.1) is 11.6 Å². The summed E-state index contributed by atoms with van der Waals surface area (Å²) in [6.07, 6.45) is 0. The molecule has 1 heterocycles. The first-order chi connectivity index (χ1) is 10.0. The van der Waals surface area contributed by atoms with E-state index in [-0.39, 0.29) is 12.4 Å². The molecule has 0 radical (unpaired) electrons. The number of amides is 1. The summed E-state index contributed by atoms with van der Waals surface area (Å²) in [5, 5.41) is 11.4. The predicted molar refractivity (Wildman–Crippen MR) is 72.1 cm³/mol. The maximum atomic E-state index is 13.6. The van der Waals surface area contributed by atoms with Crippen molar-refractivity contribution in [3.05, 3.63) is 35.4 Å². The van der Waals surface area contributed by atoms with Crippen molar-refractivity contribution in [1.82, 2.24) is 9.80 Å². The van der Waals surface area contributed by atoms with Gasteiger partial charge in [-0.05, 0) is 12.1 Å². The molecule has 0 saturated carbocycles. The van der Waals surface area contributed by atoms with Crippen LogP contribution in [-0.4, -0.2) is 59.5 Å². The van der Waals surface area contributed by atoms with Gasteiger partial charge in [-0.15, -0.1) is 0 Å². The second-order valence-corrected chi connectivity index (χ2v) is 4.76. The van der Waals surface area contributed by atoms with Gasteiger partial charge in [0.1, 0.15) is 17.2 Å². The third-order valence-electron chi connectivity index (χ3n) is 3.35. The number of benzene rings is 1. The van der Waals surface area contributed by atoms with E-state index in [0.717, 1.165) is 12.1 Å². The molecule has 6 nitrogen and oxygen atoms in total. The van der Waals surface area contributed by atoms with Gasteiger partial charge in [0, 0.05) is 26.2 Å². The van der Waals surface area contributed by atoms with E-state index in [9.17, 15) is 13.6 Å². The SMILES string of the molecule is NC(CN1CCN(C(=O)c2c(F)cccc2F)CC1)=NO. The monoisotopic (exact) mass is 298 g/mol. The molecular formula is C13H16F2N4O2. The molecule has 2 rings (SSSR count). The first kappa shape index (κ1) is 15.2. The lowest BCUT2D eigenvalue weighted by atomic mass is 10.1. The number of rotatable bonds is 3. The van der Waals surface area contributed by atoms with Crippen LogP contribution in [0.3, 0.4) is 0 Å². The third-order valence-corrected chi connectivity index (χ3v) is 3.35. The molecule has 114 valence electrons. The van der Waals surface area contributed by atoms with E-state index in [2.05, 4.69) is 5.16 Å². The highest BCUT2D eigenvalue weighted by atomic mass is 19.1. The molecule has 0 atom stereocenters. The number of hydrogen-bond donors (Lipinski definition) is 2. The maximum Gasteiger partial charge on any atom is 0.259 e. The van der Waals surface area contributed by atoms with Crippen molar-refractivity contribution in [3.8, 4) is 0 Å². The largest absolute Gasteiger partial charge is 0.409 e. The Morgan fingerprint density at radius 2 is 1.81 bits per heavy atom. The molecule has 3 N–H and O–H groups in total. The number of carbonyl (C=O) groups excluding carboxylic acids is 1. The van der Waals surface area contributed by atoms with Crippen LogP contribution in [0.4, 0.5) is 8.78 Å². The minimum absolute atomic E-state index is 0.0786. The molecule has 1 amide bonds. The van der Waals surface area contributed by atoms with Crippen molar-refractivity contribution in [3.63, 3.8) is 0 Å². The molecule has 0 bridgehead atoms. The number of halogens is 2. The van der Waals surface area contributed by atoms with E-state index in [1.165, 1.54) is 11.0 Å². The van der Waals surface area contributed by atoms with E-state index in [4.69, 9.17) is 10.9 Å². The smallest absolute Gasteiger partial charge is 0.259 e. The van der Waals surface area contributed by atoms with E-state index in [0.29, 0.717) is 26.2 Å². The molecule has 0 spiro atoms. The van der Waals surface area contributed by atoms with Crippen LogP contribution in [0.2, 0.25) is 0 Å². The van der Waals surface area contributed by atoms with Gasteiger partial charge in [-0.1, -0.05) is 11.2 Å². The van der Waals surface area contributed by atoms with Gasteiger partial charge in [0.25, 0.3) is 5.91 Å². The molecular weight excluding hydrogens is 282 g/mol. The molecule has 21 heavy (non-hydrogen) atoms. The number of piperazine rings is 1. The molecule has 1 saturated heterocycles. The maximum absolute atomic E-state index is 13.6. The lowest BCUT2D eigenvalue weighted by molar-refractivity contribution is 0.0643. The lowest BCUT2D eigenvalue weighted by Gasteiger charge is -2.34. The molecule has 0 aromatic heterocycles. The Bertz CT molecular complexity index is 537. The average molecular weight is 298 g/mol. The number of nitrogens with zero attached hydrogens (tertiary/aromatic N) is 3. The number of amidine groups is 1. The summed E-state index contributed by atoms with van der Waals surface area (Å²) in [5.74, 6) is -2.30. The zero-order chi connectivity index (χ0) is 15.4. The van der Waals surface area contributed by atoms with E-state index in [1.54, 1.807) is 0 Å². The highest BCUT2D eigenvalue weighted by Crippen LogP contribution is 2.16. The van der Waals surface area contributed by atoms with Crippen LogP contribution < -0.4 is 5.73 Å². The number of carbonyl (C=O) groups is 1. The van der Waals surface area contributed by atoms with Gasteiger partial charge in [0.05, 0.1) is 6.54 Å². The van der Waals surface area contributed by atoms with Crippen LogP contribution in [0.5, 0.6) is 0 Å². The highest BCUT2D eigenvalue weighted by Gasteiger charge is 2.26. The van der Waals surface area contributed by atoms with Gasteiger partial charge < -0.3 is 15.8 Å². The Labute approximate surface area is 120 Å². The average Bonchev–Trinajstić information content (AvgIpc) is 2.47. The number of hydrogen-bond acceptors (Lipinski definition) is 4. The topological polar surface area (TPSA) is 82.2 Å². The summed E-state index contributed by atoms with van der Waals surface area (Å²) < 4.78 is 27.2. The van der Waals surface area contributed by atoms with E-state index in [1.807, 2.05) is 4.90 Å². The van der Waals surface area contributed by atoms with Crippen LogP contribution in [0.15, 0.2) is 23.4 Å². The Kier molecular flexibility index (Phi) is 4.69. The Morgan fingerprint density at radius 3 is 2.33 bits per heavy atom. The number of oxime groups is 1. The van der Waals surface area contributed by atoms with Crippen LogP contribution in [0.1, 0.15) is 10.4 Å². The van der Waals surface area contributed by atoms with Crippen molar-refractivity contribution in [2.75, 3.05) is 32.7 Å². The van der Waals surface area contributed by atoms with Crippen molar-refractivity contribution in [1.29, 1.82) is 0 Å². The third kappa shape index (κ3) is 3.46. The van der Waals surface area contributed by atoms with Crippen molar-refractivity contribution in [2.24, 2.45) is 10.9 Å². The van der Waals surface area contributed by atoms with Gasteiger partial charge >= 0.3 is 0 Å². The fourth-order valence-electron chi connectivity index (χ4n) is 2.23. The summed E-state index contributed by atoms with van der Waals surface area (Å²) in [5.41, 5.74) is 4.88. The molecule has 0 aliphatic carbocycles. The predicted octanol–water partition coefficient (Wildman–Crippen LogP) is 0.469. The molecule has 1 aliphatic rings. The standard InChI is InChI=1S/C13H16F2N4O2/c14-9-2-1-3-10(15)12(9)13(20)19-6-4-18(5-7-19)8-11(16)17-21/h1-3,21H,4-8H2,(H2,16,17). The second kappa shape index (κ2) is 6.49. The molecule has 1 aromatic rings. The van der Waals surface area contributed by atoms with Gasteiger partial charge in [0.2, 0.25) is 0 Å². The molecule has 1 aromatic carbocycles. The zero-order valence-electron chi connectivity index (χ0n) is 11.3. The minimum Gasteiger partial charge on any atom is -0.409 e. The van der Waals surface area contributed by atoms with Crippen molar-refractivity contribution >= 4 is 11.7 Å². The lowest BCUT2D eigenvalue weighted by Crippen LogP contribution is -2.50. The zero-order valence-corrected chi connectivity index (χ0v) is 11.3. The summed E-state index contributed by atoms with van der Waals surface area (Å²) >= 11 is 0. The van der Waals surface area contributed by atoms with Crippen molar-refractivity contribution in [2.45, 2.75) is 0 Å². The molecule has 1 fully saturated rings. The fourth-order valence-corrected chi connectivity index (χ4v) is 2.23. The van der Waals surface area contributed by atoms with E-state index >= 15 is 0 Å². The van der Waals surface area contributed by atoms with Gasteiger partial charge in [0.15, 0.2) is 5.84 Å². The summed E-state index contributed by atoms with van der Waals surface area (Å²) in [7, 11) is 0. The van der Waals surface area contributed by atoms with Gasteiger partial charge in [-0.2, -0.15) is 0 Å². The molecule has 0 unspecified atom stereocenters. The quantitative estimate of drug-likeness (QED) is 0.368. The minimum atomic E-state index is -0.862. The normalized spacial score (nSPS) is 17.0. The summed E-state index contributed by atoms with van der Waals surface area (Å²) in [6, 6.07) is 3.34. The fraction of sp³-hybridized carbons (Fsp3) is 0.385. The first-order valence-corrected chi connectivity index (χ1v) is 6.45. The Hall–Kier alpha value is -2.22. The Balaban J connectivity index is 2.01. The summed E-state index contributed by atoms with van der Waals surface area (Å²) in [4.78, 5) is 15.4.